The van der Waals surface area contributed by atoms with Crippen LogP contribution < -0.4 is 0 Å². The molecule has 86 valence electrons. The molecule has 0 aliphatic rings. The van der Waals surface area contributed by atoms with E-state index in [2.05, 4.69) is 4.98 Å². The molecule has 0 bridgehead atoms. The quantitative estimate of drug-likeness (QED) is 0.757. The Kier molecular flexibility index (Phi) is 2.05. The molecule has 0 saturated heterocycles. The molecular weight excluding hydrogens is 240 g/mol. The van der Waals surface area contributed by atoms with E-state index in [1.807, 2.05) is 5.38 Å². The molecule has 0 spiro atoms. The van der Waals surface area contributed by atoms with E-state index in [4.69, 9.17) is 4.42 Å². The molecule has 1 N–H and O–H groups in total. The fourth-order valence-electron chi connectivity index (χ4n) is 1.81. The number of carboxylic acids is 1. The third-order valence-electron chi connectivity index (χ3n) is 2.51. The molecule has 3 heterocycles. The maximum atomic E-state index is 11.2. The summed E-state index contributed by atoms with van der Waals surface area (Å²) in [6, 6.07) is 3.56. The number of aryl methyl sites for hydroxylation is 1. The van der Waals surface area contributed by atoms with Gasteiger partial charge in [-0.05, 0) is 19.1 Å². The normalized spacial score (nSPS) is 11.1. The monoisotopic (exact) mass is 248 g/mol. The van der Waals surface area contributed by atoms with Crippen molar-refractivity contribution in [3.63, 3.8) is 0 Å². The summed E-state index contributed by atoms with van der Waals surface area (Å²) in [6.45, 7) is 1.69. The van der Waals surface area contributed by atoms with Crippen molar-refractivity contribution in [1.29, 1.82) is 0 Å². The van der Waals surface area contributed by atoms with E-state index in [-0.39, 0.29) is 5.69 Å². The van der Waals surface area contributed by atoms with Gasteiger partial charge in [-0.3, -0.25) is 4.40 Å². The Morgan fingerprint density at radius 2 is 2.41 bits per heavy atom. The summed E-state index contributed by atoms with van der Waals surface area (Å²) in [5.41, 5.74) is 1.41. The number of thiazole rings is 1. The van der Waals surface area contributed by atoms with Gasteiger partial charge in [0.2, 0.25) is 0 Å². The maximum absolute atomic E-state index is 11.2. The SMILES string of the molecule is Cc1nc2scc(-c3ccco3)n2c1C(=O)O. The van der Waals surface area contributed by atoms with Crippen molar-refractivity contribution in [2.45, 2.75) is 6.92 Å². The summed E-state index contributed by atoms with van der Waals surface area (Å²) in [7, 11) is 0. The minimum absolute atomic E-state index is 0.188. The van der Waals surface area contributed by atoms with Crippen LogP contribution in [0.4, 0.5) is 0 Å². The molecule has 0 radical (unpaired) electrons. The van der Waals surface area contributed by atoms with Crippen LogP contribution in [0.5, 0.6) is 0 Å². The van der Waals surface area contributed by atoms with Gasteiger partial charge in [0.25, 0.3) is 0 Å². The van der Waals surface area contributed by atoms with Gasteiger partial charge in [0.15, 0.2) is 16.4 Å². The molecule has 0 aliphatic carbocycles. The van der Waals surface area contributed by atoms with Gasteiger partial charge in [-0.25, -0.2) is 9.78 Å². The van der Waals surface area contributed by atoms with E-state index < -0.39 is 5.97 Å². The van der Waals surface area contributed by atoms with E-state index in [0.717, 1.165) is 0 Å². The first kappa shape index (κ1) is 10.1. The average molecular weight is 248 g/mol. The number of carbonyl (C=O) groups is 1. The highest BCUT2D eigenvalue weighted by atomic mass is 32.1. The number of imidazole rings is 1. The van der Waals surface area contributed by atoms with Crippen LogP contribution in [-0.4, -0.2) is 20.5 Å². The molecule has 0 fully saturated rings. The van der Waals surface area contributed by atoms with Crippen molar-refractivity contribution >= 4 is 22.3 Å². The zero-order chi connectivity index (χ0) is 12.0. The maximum Gasteiger partial charge on any atom is 0.354 e. The van der Waals surface area contributed by atoms with Gasteiger partial charge in [-0.2, -0.15) is 0 Å². The summed E-state index contributed by atoms with van der Waals surface area (Å²) in [5.74, 6) is -0.350. The predicted octanol–water partition coefficient (Wildman–Crippen LogP) is 2.66. The standard InChI is InChI=1S/C11H8N2O3S/c1-6-9(10(14)15)13-7(5-17-11(13)12-6)8-3-2-4-16-8/h2-5H,1H3,(H,14,15). The van der Waals surface area contributed by atoms with Crippen LogP contribution in [0.1, 0.15) is 16.2 Å². The van der Waals surface area contributed by atoms with Gasteiger partial charge in [0.1, 0.15) is 5.69 Å². The van der Waals surface area contributed by atoms with E-state index in [1.165, 1.54) is 11.3 Å². The number of carboxylic acid groups (broad SMARTS) is 1. The zero-order valence-corrected chi connectivity index (χ0v) is 9.69. The smallest absolute Gasteiger partial charge is 0.354 e. The van der Waals surface area contributed by atoms with Crippen molar-refractivity contribution in [2.24, 2.45) is 0 Å². The van der Waals surface area contributed by atoms with Crippen molar-refractivity contribution in [3.8, 4) is 11.5 Å². The van der Waals surface area contributed by atoms with Crippen LogP contribution in [-0.2, 0) is 0 Å². The lowest BCUT2D eigenvalue weighted by molar-refractivity contribution is 0.0688. The first-order chi connectivity index (χ1) is 8.18. The van der Waals surface area contributed by atoms with Gasteiger partial charge in [0, 0.05) is 5.38 Å². The van der Waals surface area contributed by atoms with Gasteiger partial charge in [-0.1, -0.05) is 0 Å². The Balaban J connectivity index is 2.37. The fourth-order valence-corrected chi connectivity index (χ4v) is 2.73. The second kappa shape index (κ2) is 3.46. The number of furan rings is 1. The first-order valence-corrected chi connectivity index (χ1v) is 5.80. The minimum atomic E-state index is -0.985. The number of aromatic nitrogens is 2. The number of hydrogen-bond donors (Lipinski definition) is 1. The van der Waals surface area contributed by atoms with Gasteiger partial charge < -0.3 is 9.52 Å². The van der Waals surface area contributed by atoms with Crippen molar-refractivity contribution in [3.05, 3.63) is 35.2 Å². The third-order valence-corrected chi connectivity index (χ3v) is 3.34. The molecule has 0 aromatic carbocycles. The number of fused-ring (bicyclic) bond motifs is 1. The summed E-state index contributed by atoms with van der Waals surface area (Å²) in [4.78, 5) is 16.1. The highest BCUT2D eigenvalue weighted by Gasteiger charge is 2.20. The minimum Gasteiger partial charge on any atom is -0.477 e. The van der Waals surface area contributed by atoms with Crippen molar-refractivity contribution < 1.29 is 14.3 Å². The molecule has 3 aromatic rings. The third kappa shape index (κ3) is 1.38. The molecule has 0 aliphatic heterocycles. The Bertz CT molecular complexity index is 694. The van der Waals surface area contributed by atoms with Gasteiger partial charge >= 0.3 is 5.97 Å². The summed E-state index contributed by atoms with van der Waals surface area (Å²) < 4.78 is 6.91. The highest BCUT2D eigenvalue weighted by molar-refractivity contribution is 7.15. The summed E-state index contributed by atoms with van der Waals surface area (Å²) in [5, 5.41) is 11.0. The van der Waals surface area contributed by atoms with E-state index >= 15 is 0 Å². The first-order valence-electron chi connectivity index (χ1n) is 4.92. The van der Waals surface area contributed by atoms with E-state index in [9.17, 15) is 9.90 Å². The van der Waals surface area contributed by atoms with Crippen LogP contribution in [0, 0.1) is 6.92 Å². The highest BCUT2D eigenvalue weighted by Crippen LogP contribution is 2.28. The topological polar surface area (TPSA) is 67.7 Å². The summed E-state index contributed by atoms with van der Waals surface area (Å²) in [6.07, 6.45) is 1.56. The predicted molar refractivity (Wildman–Crippen MR) is 62.5 cm³/mol. The number of aromatic carboxylic acids is 1. The van der Waals surface area contributed by atoms with E-state index in [0.29, 0.717) is 22.1 Å². The van der Waals surface area contributed by atoms with Crippen LogP contribution in [0.25, 0.3) is 16.4 Å². The molecular formula is C11H8N2O3S. The molecule has 3 aromatic heterocycles. The second-order valence-corrected chi connectivity index (χ2v) is 4.40. The molecule has 17 heavy (non-hydrogen) atoms. The molecule has 0 amide bonds. The number of hydrogen-bond acceptors (Lipinski definition) is 4. The molecule has 0 unspecified atom stereocenters. The van der Waals surface area contributed by atoms with Gasteiger partial charge in [0.05, 0.1) is 12.0 Å². The Morgan fingerprint density at radius 1 is 1.59 bits per heavy atom. The number of rotatable bonds is 2. The zero-order valence-electron chi connectivity index (χ0n) is 8.88. The average Bonchev–Trinajstić information content (AvgIpc) is 2.90. The van der Waals surface area contributed by atoms with Crippen molar-refractivity contribution in [2.75, 3.05) is 0 Å². The molecule has 6 heteroatoms. The molecule has 3 rings (SSSR count). The molecule has 0 saturated carbocycles. The van der Waals surface area contributed by atoms with E-state index in [1.54, 1.807) is 29.7 Å². The molecule has 5 nitrogen and oxygen atoms in total. The largest absolute Gasteiger partial charge is 0.477 e. The lowest BCUT2D eigenvalue weighted by Crippen LogP contribution is -2.03. The Morgan fingerprint density at radius 3 is 3.06 bits per heavy atom. The second-order valence-electron chi connectivity index (χ2n) is 3.57. The Labute approximate surface area is 99.9 Å². The van der Waals surface area contributed by atoms with Gasteiger partial charge in [-0.15, -0.1) is 11.3 Å². The van der Waals surface area contributed by atoms with Crippen LogP contribution >= 0.6 is 11.3 Å². The van der Waals surface area contributed by atoms with Crippen LogP contribution in [0.3, 0.4) is 0 Å². The molecule has 0 atom stereocenters. The lowest BCUT2D eigenvalue weighted by Gasteiger charge is -1.98. The lowest BCUT2D eigenvalue weighted by atomic mass is 10.3. The Hall–Kier alpha value is -2.08. The van der Waals surface area contributed by atoms with Crippen LogP contribution in [0.15, 0.2) is 28.2 Å². The van der Waals surface area contributed by atoms with Crippen LogP contribution in [0.2, 0.25) is 0 Å². The number of nitrogens with zero attached hydrogens (tertiary/aromatic N) is 2. The van der Waals surface area contributed by atoms with Crippen molar-refractivity contribution in [1.82, 2.24) is 9.38 Å². The fraction of sp³-hybridized carbons (Fsp3) is 0.0909. The summed E-state index contributed by atoms with van der Waals surface area (Å²) >= 11 is 1.39.